The second-order valence-electron chi connectivity index (χ2n) is 5.35. The second-order valence-corrected chi connectivity index (χ2v) is 7.42. The molecule has 1 aromatic rings. The lowest BCUT2D eigenvalue weighted by molar-refractivity contribution is -0.116. The molecule has 0 spiro atoms. The number of anilines is 1. The van der Waals surface area contributed by atoms with Gasteiger partial charge >= 0.3 is 0 Å². The zero-order valence-electron chi connectivity index (χ0n) is 11.9. The van der Waals surface area contributed by atoms with Crippen molar-refractivity contribution in [2.75, 3.05) is 11.2 Å². The van der Waals surface area contributed by atoms with Crippen molar-refractivity contribution in [3.05, 3.63) is 20.5 Å². The Kier molecular flexibility index (Phi) is 5.74. The first-order chi connectivity index (χ1) is 10.1. The fourth-order valence-corrected chi connectivity index (χ4v) is 4.10. The topological polar surface area (TPSA) is 52.9 Å². The monoisotopic (exact) mass is 340 g/mol. The number of hydrogen-bond donors (Lipinski definition) is 1. The highest BCUT2D eigenvalue weighted by Crippen LogP contribution is 2.35. The summed E-state index contributed by atoms with van der Waals surface area (Å²) in [6.07, 6.45) is 3.84. The highest BCUT2D eigenvalue weighted by atomic mass is 35.5. The van der Waals surface area contributed by atoms with E-state index in [-0.39, 0.29) is 5.91 Å². The largest absolute Gasteiger partial charge is 0.317 e. The van der Waals surface area contributed by atoms with Gasteiger partial charge in [-0.05, 0) is 42.7 Å². The summed E-state index contributed by atoms with van der Waals surface area (Å²) < 4.78 is 0.795. The Morgan fingerprint density at radius 2 is 2.33 bits per heavy atom. The predicted octanol–water partition coefficient (Wildman–Crippen LogP) is 4.43. The molecule has 0 saturated carbocycles. The standard InChI is InChI=1S/C15H17ClN2OS2/c1-9-4-5-10-11(7-9)15(20)21-14(12(10)8-17)18-13(19)3-2-6-16/h9H,2-7H2,1H3,(H,18,19). The number of fused-ring (bicyclic) bond motifs is 1. The zero-order chi connectivity index (χ0) is 15.4. The number of rotatable bonds is 4. The van der Waals surface area contributed by atoms with Gasteiger partial charge in [0, 0.05) is 12.3 Å². The van der Waals surface area contributed by atoms with Crippen LogP contribution >= 0.6 is 35.2 Å². The number of carbonyl (C=O) groups excluding carboxylic acids is 1. The minimum Gasteiger partial charge on any atom is -0.317 e. The van der Waals surface area contributed by atoms with E-state index >= 15 is 0 Å². The lowest BCUT2D eigenvalue weighted by atomic mass is 9.85. The summed E-state index contributed by atoms with van der Waals surface area (Å²) >= 11 is 12.4. The fourth-order valence-electron chi connectivity index (χ4n) is 2.56. The van der Waals surface area contributed by atoms with Crippen molar-refractivity contribution in [2.45, 2.75) is 39.0 Å². The Bertz CT molecular complexity index is 648. The molecule has 0 aromatic carbocycles. The molecule has 2 rings (SSSR count). The van der Waals surface area contributed by atoms with Crippen molar-refractivity contribution in [1.29, 1.82) is 5.26 Å². The summed E-state index contributed by atoms with van der Waals surface area (Å²) in [6, 6.07) is 2.25. The number of nitrogens with zero attached hydrogens (tertiary/aromatic N) is 1. The van der Waals surface area contributed by atoms with Crippen LogP contribution < -0.4 is 5.32 Å². The van der Waals surface area contributed by atoms with E-state index in [0.717, 1.165) is 34.2 Å². The molecule has 0 aliphatic heterocycles. The fraction of sp³-hybridized carbons (Fsp3) is 0.533. The Morgan fingerprint density at radius 1 is 1.57 bits per heavy atom. The van der Waals surface area contributed by atoms with Crippen molar-refractivity contribution >= 4 is 46.1 Å². The summed E-state index contributed by atoms with van der Waals surface area (Å²) in [5.74, 6) is 0.945. The van der Waals surface area contributed by atoms with Gasteiger partial charge in [0.2, 0.25) is 5.91 Å². The third-order valence-electron chi connectivity index (χ3n) is 3.68. The van der Waals surface area contributed by atoms with E-state index in [1.54, 1.807) is 0 Å². The molecule has 6 heteroatoms. The maximum absolute atomic E-state index is 11.9. The van der Waals surface area contributed by atoms with Crippen molar-refractivity contribution in [3.8, 4) is 6.07 Å². The van der Waals surface area contributed by atoms with Crippen LogP contribution in [0.1, 0.15) is 42.9 Å². The zero-order valence-corrected chi connectivity index (χ0v) is 14.3. The molecule has 0 fully saturated rings. The molecule has 112 valence electrons. The van der Waals surface area contributed by atoms with Gasteiger partial charge in [-0.1, -0.05) is 19.1 Å². The minimum atomic E-state index is -0.109. The van der Waals surface area contributed by atoms with Crippen LogP contribution in [0.2, 0.25) is 0 Å². The molecule has 0 radical (unpaired) electrons. The normalized spacial score (nSPS) is 16.9. The molecule has 1 aromatic heterocycles. The molecule has 1 atom stereocenters. The van der Waals surface area contributed by atoms with Gasteiger partial charge in [-0.3, -0.25) is 4.79 Å². The number of carbonyl (C=O) groups is 1. The number of amides is 1. The smallest absolute Gasteiger partial charge is 0.225 e. The van der Waals surface area contributed by atoms with Crippen molar-refractivity contribution in [1.82, 2.24) is 0 Å². The molecule has 1 aliphatic carbocycles. The quantitative estimate of drug-likeness (QED) is 0.651. The molecule has 3 nitrogen and oxygen atoms in total. The maximum Gasteiger partial charge on any atom is 0.225 e. The molecule has 1 amide bonds. The Hall–Kier alpha value is -0.960. The van der Waals surface area contributed by atoms with Crippen molar-refractivity contribution in [3.63, 3.8) is 0 Å². The summed E-state index contributed by atoms with van der Waals surface area (Å²) in [7, 11) is 0. The van der Waals surface area contributed by atoms with Crippen molar-refractivity contribution in [2.24, 2.45) is 5.92 Å². The van der Waals surface area contributed by atoms with E-state index in [1.807, 2.05) is 0 Å². The first-order valence-corrected chi connectivity index (χ1v) is 8.77. The van der Waals surface area contributed by atoms with E-state index in [4.69, 9.17) is 23.8 Å². The molecule has 1 unspecified atom stereocenters. The number of halogens is 1. The van der Waals surface area contributed by atoms with Crippen LogP contribution in [0.4, 0.5) is 5.00 Å². The van der Waals surface area contributed by atoms with E-state index in [9.17, 15) is 10.1 Å². The summed E-state index contributed by atoms with van der Waals surface area (Å²) in [4.78, 5) is 11.9. The summed E-state index contributed by atoms with van der Waals surface area (Å²) in [5.41, 5.74) is 2.76. The van der Waals surface area contributed by atoms with Gasteiger partial charge in [-0.15, -0.1) is 22.9 Å². The van der Waals surface area contributed by atoms with Crippen LogP contribution in [-0.4, -0.2) is 11.8 Å². The van der Waals surface area contributed by atoms with Gasteiger partial charge in [0.05, 0.1) is 9.39 Å². The molecule has 1 aliphatic rings. The summed E-state index contributed by atoms with van der Waals surface area (Å²) in [6.45, 7) is 2.20. The van der Waals surface area contributed by atoms with Crippen LogP contribution in [0.25, 0.3) is 0 Å². The number of alkyl halides is 1. The third kappa shape index (κ3) is 3.82. The first-order valence-electron chi connectivity index (χ1n) is 7.01. The van der Waals surface area contributed by atoms with Gasteiger partial charge in [-0.2, -0.15) is 5.26 Å². The number of nitriles is 1. The maximum atomic E-state index is 11.9. The van der Waals surface area contributed by atoms with E-state index < -0.39 is 0 Å². The summed E-state index contributed by atoms with van der Waals surface area (Å²) in [5, 5.41) is 12.9. The van der Waals surface area contributed by atoms with Crippen LogP contribution in [-0.2, 0) is 17.6 Å². The van der Waals surface area contributed by atoms with E-state index in [1.165, 1.54) is 11.3 Å². The van der Waals surface area contributed by atoms with Gasteiger partial charge in [-0.25, -0.2) is 0 Å². The first kappa shape index (κ1) is 16.4. The van der Waals surface area contributed by atoms with Crippen LogP contribution in [0.3, 0.4) is 0 Å². The van der Waals surface area contributed by atoms with Crippen LogP contribution in [0.5, 0.6) is 0 Å². The molecule has 0 bridgehead atoms. The van der Waals surface area contributed by atoms with E-state index in [2.05, 4.69) is 18.3 Å². The lowest BCUT2D eigenvalue weighted by Gasteiger charge is -2.23. The highest BCUT2D eigenvalue weighted by Gasteiger charge is 2.23. The SMILES string of the molecule is CC1CCc2c(C#N)c(NC(=O)CCCCl)sc(=S)c2C1. The molecule has 0 saturated heterocycles. The Balaban J connectivity index is 2.35. The second kappa shape index (κ2) is 7.35. The number of hydrogen-bond acceptors (Lipinski definition) is 4. The van der Waals surface area contributed by atoms with Crippen LogP contribution in [0, 0.1) is 21.1 Å². The Morgan fingerprint density at radius 3 is 3.00 bits per heavy atom. The highest BCUT2D eigenvalue weighted by molar-refractivity contribution is 7.73. The molecule has 1 N–H and O–H groups in total. The number of nitrogens with one attached hydrogen (secondary N) is 1. The molecule has 1 heterocycles. The minimum absolute atomic E-state index is 0.109. The predicted molar refractivity (Wildman–Crippen MR) is 89.6 cm³/mol. The average Bonchev–Trinajstić information content (AvgIpc) is 2.46. The van der Waals surface area contributed by atoms with Gasteiger partial charge in [0.15, 0.2) is 0 Å². The van der Waals surface area contributed by atoms with Crippen molar-refractivity contribution < 1.29 is 4.79 Å². The lowest BCUT2D eigenvalue weighted by Crippen LogP contribution is -2.16. The molecular formula is C15H17ClN2OS2. The third-order valence-corrected chi connectivity index (χ3v) is 5.38. The Labute approximate surface area is 138 Å². The van der Waals surface area contributed by atoms with Gasteiger partial charge in [0.25, 0.3) is 0 Å². The molecule has 21 heavy (non-hydrogen) atoms. The van der Waals surface area contributed by atoms with Gasteiger partial charge in [0.1, 0.15) is 11.1 Å². The molecular weight excluding hydrogens is 324 g/mol. The van der Waals surface area contributed by atoms with E-state index in [0.29, 0.717) is 35.2 Å². The average molecular weight is 341 g/mol. The van der Waals surface area contributed by atoms with Crippen LogP contribution in [0.15, 0.2) is 0 Å². The van der Waals surface area contributed by atoms with Gasteiger partial charge < -0.3 is 5.32 Å².